The van der Waals surface area contributed by atoms with Crippen LogP contribution < -0.4 is 5.32 Å². The van der Waals surface area contributed by atoms with Crippen LogP contribution in [0.3, 0.4) is 0 Å². The summed E-state index contributed by atoms with van der Waals surface area (Å²) in [5.41, 5.74) is 1.10. The third kappa shape index (κ3) is 4.45. The second kappa shape index (κ2) is 7.07. The monoisotopic (exact) mass is 390 g/mol. The van der Waals surface area contributed by atoms with Gasteiger partial charge in [0.2, 0.25) is 0 Å². The van der Waals surface area contributed by atoms with Crippen molar-refractivity contribution >= 4 is 37.5 Å². The van der Waals surface area contributed by atoms with Gasteiger partial charge >= 0.3 is 0 Å². The Morgan fingerprint density at radius 3 is 2.95 bits per heavy atom. The van der Waals surface area contributed by atoms with Gasteiger partial charge in [-0.25, -0.2) is 0 Å². The van der Waals surface area contributed by atoms with Gasteiger partial charge in [-0.15, -0.1) is 0 Å². The molecule has 0 saturated carbocycles. The van der Waals surface area contributed by atoms with E-state index in [0.29, 0.717) is 6.04 Å². The summed E-state index contributed by atoms with van der Waals surface area (Å²) in [5, 5.41) is 3.45. The number of rotatable bonds is 4. The molecule has 1 aromatic rings. The average molecular weight is 392 g/mol. The largest absolute Gasteiger partial charge is 0.381 e. The van der Waals surface area contributed by atoms with Crippen LogP contribution in [0.4, 0.5) is 5.69 Å². The molecule has 19 heavy (non-hydrogen) atoms. The maximum absolute atomic E-state index is 5.82. The second-order valence-electron chi connectivity index (χ2n) is 5.09. The molecule has 1 fully saturated rings. The molecule has 1 N–H and O–H groups in total. The number of morpholine rings is 1. The molecule has 1 unspecified atom stereocenters. The molecule has 0 aromatic heterocycles. The lowest BCUT2D eigenvalue weighted by molar-refractivity contribution is -0.0315. The van der Waals surface area contributed by atoms with Crippen LogP contribution in [-0.4, -0.2) is 43.3 Å². The topological polar surface area (TPSA) is 24.5 Å². The number of anilines is 1. The van der Waals surface area contributed by atoms with Crippen molar-refractivity contribution in [1.29, 1.82) is 0 Å². The Kier molecular flexibility index (Phi) is 5.69. The summed E-state index contributed by atoms with van der Waals surface area (Å²) < 4.78 is 7.97. The molecule has 0 amide bonds. The fourth-order valence-corrected chi connectivity index (χ4v) is 2.94. The summed E-state index contributed by atoms with van der Waals surface area (Å²) in [5.74, 6) is 0. The van der Waals surface area contributed by atoms with Crippen molar-refractivity contribution < 1.29 is 4.74 Å². The Labute approximate surface area is 132 Å². The second-order valence-corrected chi connectivity index (χ2v) is 6.86. The standard InChI is InChI=1S/C14H20Br2N2O/c1-10(2)18-5-6-19-12(9-18)8-17-14-7-11(15)3-4-13(14)16/h3-4,7,10,12,17H,5-6,8-9H2,1-2H3. The highest BCUT2D eigenvalue weighted by molar-refractivity contribution is 9.11. The first-order valence-corrected chi connectivity index (χ1v) is 8.19. The van der Waals surface area contributed by atoms with Gasteiger partial charge in [0.1, 0.15) is 0 Å². The van der Waals surface area contributed by atoms with Crippen molar-refractivity contribution in [3.8, 4) is 0 Å². The first-order valence-electron chi connectivity index (χ1n) is 6.61. The minimum Gasteiger partial charge on any atom is -0.381 e. The smallest absolute Gasteiger partial charge is 0.0874 e. The quantitative estimate of drug-likeness (QED) is 0.846. The number of hydrogen-bond donors (Lipinski definition) is 1. The van der Waals surface area contributed by atoms with Crippen molar-refractivity contribution in [2.45, 2.75) is 26.0 Å². The molecule has 0 spiro atoms. The molecule has 1 saturated heterocycles. The van der Waals surface area contributed by atoms with Crippen LogP contribution in [0, 0.1) is 0 Å². The Balaban J connectivity index is 1.89. The van der Waals surface area contributed by atoms with E-state index in [1.807, 2.05) is 12.1 Å². The van der Waals surface area contributed by atoms with E-state index < -0.39 is 0 Å². The minimum absolute atomic E-state index is 0.252. The lowest BCUT2D eigenvalue weighted by atomic mass is 10.2. The first-order chi connectivity index (χ1) is 9.06. The number of halogens is 2. The number of nitrogens with one attached hydrogen (secondary N) is 1. The minimum atomic E-state index is 0.252. The van der Waals surface area contributed by atoms with Crippen LogP contribution in [0.25, 0.3) is 0 Å². The summed E-state index contributed by atoms with van der Waals surface area (Å²) in [6.45, 7) is 8.16. The van der Waals surface area contributed by atoms with E-state index in [-0.39, 0.29) is 6.10 Å². The van der Waals surface area contributed by atoms with Gasteiger partial charge in [-0.1, -0.05) is 15.9 Å². The number of nitrogens with zero attached hydrogens (tertiary/aromatic N) is 1. The van der Waals surface area contributed by atoms with Gasteiger partial charge < -0.3 is 10.1 Å². The highest BCUT2D eigenvalue weighted by atomic mass is 79.9. The fraction of sp³-hybridized carbons (Fsp3) is 0.571. The van der Waals surface area contributed by atoms with E-state index in [9.17, 15) is 0 Å². The summed E-state index contributed by atoms with van der Waals surface area (Å²) in [4.78, 5) is 2.46. The van der Waals surface area contributed by atoms with Gasteiger partial charge in [-0.3, -0.25) is 4.90 Å². The van der Waals surface area contributed by atoms with Crippen LogP contribution >= 0.6 is 31.9 Å². The third-order valence-corrected chi connectivity index (χ3v) is 4.53. The molecule has 0 bridgehead atoms. The molecule has 1 aromatic carbocycles. The predicted octanol–water partition coefficient (Wildman–Crippen LogP) is 3.73. The van der Waals surface area contributed by atoms with Gasteiger partial charge in [0.05, 0.1) is 12.7 Å². The van der Waals surface area contributed by atoms with E-state index in [1.165, 1.54) is 0 Å². The Morgan fingerprint density at radius 2 is 2.21 bits per heavy atom. The van der Waals surface area contributed by atoms with E-state index in [2.05, 4.69) is 62.0 Å². The molecule has 0 aliphatic carbocycles. The summed E-state index contributed by atoms with van der Waals surface area (Å²) >= 11 is 7.05. The first kappa shape index (κ1) is 15.3. The SMILES string of the molecule is CC(C)N1CCOC(CNc2cc(Br)ccc2Br)C1. The molecular weight excluding hydrogens is 372 g/mol. The van der Waals surface area contributed by atoms with Gasteiger partial charge in [-0.05, 0) is 48.0 Å². The zero-order valence-electron chi connectivity index (χ0n) is 11.3. The number of hydrogen-bond acceptors (Lipinski definition) is 3. The molecule has 1 aliphatic rings. The molecule has 1 atom stereocenters. The maximum atomic E-state index is 5.82. The van der Waals surface area contributed by atoms with Crippen molar-refractivity contribution in [1.82, 2.24) is 4.90 Å². The Morgan fingerprint density at radius 1 is 1.42 bits per heavy atom. The molecule has 1 heterocycles. The normalized spacial score (nSPS) is 20.8. The van der Waals surface area contributed by atoms with E-state index in [1.54, 1.807) is 0 Å². The fourth-order valence-electron chi connectivity index (χ4n) is 2.19. The zero-order chi connectivity index (χ0) is 13.8. The Bertz CT molecular complexity index is 426. The van der Waals surface area contributed by atoms with E-state index in [4.69, 9.17) is 4.74 Å². The van der Waals surface area contributed by atoms with Gasteiger partial charge in [0.15, 0.2) is 0 Å². The highest BCUT2D eigenvalue weighted by Crippen LogP contribution is 2.26. The predicted molar refractivity (Wildman–Crippen MR) is 86.8 cm³/mol. The molecule has 3 nitrogen and oxygen atoms in total. The van der Waals surface area contributed by atoms with Crippen LogP contribution in [-0.2, 0) is 4.74 Å². The van der Waals surface area contributed by atoms with E-state index >= 15 is 0 Å². The van der Waals surface area contributed by atoms with Crippen molar-refractivity contribution in [2.24, 2.45) is 0 Å². The average Bonchev–Trinajstić information content (AvgIpc) is 2.40. The lowest BCUT2D eigenvalue weighted by Crippen LogP contribution is -2.48. The van der Waals surface area contributed by atoms with Gasteiger partial charge in [-0.2, -0.15) is 0 Å². The van der Waals surface area contributed by atoms with Crippen LogP contribution in [0.1, 0.15) is 13.8 Å². The molecule has 5 heteroatoms. The maximum Gasteiger partial charge on any atom is 0.0874 e. The zero-order valence-corrected chi connectivity index (χ0v) is 14.5. The van der Waals surface area contributed by atoms with Crippen LogP contribution in [0.5, 0.6) is 0 Å². The summed E-state index contributed by atoms with van der Waals surface area (Å²) in [6.07, 6.45) is 0.252. The summed E-state index contributed by atoms with van der Waals surface area (Å²) in [7, 11) is 0. The van der Waals surface area contributed by atoms with Crippen molar-refractivity contribution in [2.75, 3.05) is 31.6 Å². The third-order valence-electron chi connectivity index (χ3n) is 3.35. The van der Waals surface area contributed by atoms with Crippen LogP contribution in [0.15, 0.2) is 27.1 Å². The molecule has 106 valence electrons. The van der Waals surface area contributed by atoms with E-state index in [0.717, 1.165) is 40.9 Å². The summed E-state index contributed by atoms with van der Waals surface area (Å²) in [6, 6.07) is 6.72. The molecule has 0 radical (unpaired) electrons. The van der Waals surface area contributed by atoms with Crippen molar-refractivity contribution in [3.63, 3.8) is 0 Å². The van der Waals surface area contributed by atoms with Crippen LogP contribution in [0.2, 0.25) is 0 Å². The van der Waals surface area contributed by atoms with Crippen molar-refractivity contribution in [3.05, 3.63) is 27.1 Å². The Hall–Kier alpha value is -0.100. The molecular formula is C14H20Br2N2O. The molecule has 1 aliphatic heterocycles. The lowest BCUT2D eigenvalue weighted by Gasteiger charge is -2.35. The van der Waals surface area contributed by atoms with Gasteiger partial charge in [0.25, 0.3) is 0 Å². The molecule has 2 rings (SSSR count). The van der Waals surface area contributed by atoms with Gasteiger partial charge in [0, 0.05) is 40.3 Å². The number of ether oxygens (including phenoxy) is 1. The highest BCUT2D eigenvalue weighted by Gasteiger charge is 2.22. The number of benzene rings is 1.